The third-order valence-electron chi connectivity index (χ3n) is 4.09. The van der Waals surface area contributed by atoms with Gasteiger partial charge in [-0.2, -0.15) is 18.4 Å². The van der Waals surface area contributed by atoms with Crippen LogP contribution in [-0.2, 0) is 15.7 Å². The lowest BCUT2D eigenvalue weighted by atomic mass is 10.0. The summed E-state index contributed by atoms with van der Waals surface area (Å²) in [5, 5.41) is 9.06. The average Bonchev–Trinajstić information content (AvgIpc) is 2.78. The summed E-state index contributed by atoms with van der Waals surface area (Å²) in [6.07, 6.45) is -4.67. The van der Waals surface area contributed by atoms with Gasteiger partial charge in [-0.05, 0) is 37.3 Å². The van der Waals surface area contributed by atoms with Crippen LogP contribution in [0.15, 0.2) is 18.2 Å². The van der Waals surface area contributed by atoms with Crippen molar-refractivity contribution in [1.29, 1.82) is 5.26 Å². The fraction of sp³-hybridized carbons (Fsp3) is 0.400. The lowest BCUT2D eigenvalue weighted by molar-refractivity contribution is -0.149. The molecule has 1 aliphatic rings. The van der Waals surface area contributed by atoms with E-state index in [4.69, 9.17) is 22.2 Å². The first-order chi connectivity index (χ1) is 11.1. The molecule has 0 aromatic heterocycles. The normalized spacial score (nSPS) is 21.0. The number of ether oxygens (including phenoxy) is 1. The summed E-state index contributed by atoms with van der Waals surface area (Å²) in [7, 11) is 2.81. The molecule has 1 atom stereocenters. The molecule has 1 heterocycles. The van der Waals surface area contributed by atoms with Gasteiger partial charge in [0, 0.05) is 12.7 Å². The van der Waals surface area contributed by atoms with Gasteiger partial charge in [0.1, 0.15) is 0 Å². The minimum Gasteiger partial charge on any atom is -0.467 e. The quantitative estimate of drug-likeness (QED) is 0.599. The number of rotatable bonds is 2. The fourth-order valence-electron chi connectivity index (χ4n) is 2.53. The Bertz CT molecular complexity index is 744. The maximum absolute atomic E-state index is 13.1. The Morgan fingerprint density at radius 2 is 2.08 bits per heavy atom. The minimum atomic E-state index is -4.67. The molecule has 0 saturated carbocycles. The van der Waals surface area contributed by atoms with E-state index in [0.717, 1.165) is 12.1 Å². The summed E-state index contributed by atoms with van der Waals surface area (Å²) in [6.45, 7) is 1.64. The Morgan fingerprint density at radius 1 is 1.46 bits per heavy atom. The molecule has 5 nitrogen and oxygen atoms in total. The second-order valence-electron chi connectivity index (χ2n) is 5.53. The van der Waals surface area contributed by atoms with E-state index in [2.05, 4.69) is 0 Å². The summed E-state index contributed by atoms with van der Waals surface area (Å²) in [5.41, 5.74) is -2.47. The lowest BCUT2D eigenvalue weighted by Gasteiger charge is -2.27. The molecule has 128 valence electrons. The number of halogens is 3. The number of thiocarbonyl (C=S) groups is 1. The van der Waals surface area contributed by atoms with E-state index in [0.29, 0.717) is 0 Å². The summed E-state index contributed by atoms with van der Waals surface area (Å²) >= 11 is 5.26. The average molecular weight is 357 g/mol. The number of esters is 1. The van der Waals surface area contributed by atoms with Gasteiger partial charge in [-0.1, -0.05) is 0 Å². The van der Waals surface area contributed by atoms with Crippen LogP contribution in [0, 0.1) is 11.3 Å². The van der Waals surface area contributed by atoms with Gasteiger partial charge in [-0.3, -0.25) is 0 Å². The van der Waals surface area contributed by atoms with E-state index in [-0.39, 0.29) is 17.3 Å². The molecule has 1 saturated heterocycles. The molecule has 1 aliphatic heterocycles. The van der Waals surface area contributed by atoms with Gasteiger partial charge in [-0.25, -0.2) is 4.79 Å². The standard InChI is InChI=1S/C15H14F3N3O2S/c1-14(12(22)23-3)8-21(13(24)20(14)2)10-5-4-9(7-19)11(6-10)15(16,17)18/h4-6H,8H2,1-3H3/t14-/m1/s1. The first-order valence-electron chi connectivity index (χ1n) is 6.81. The molecule has 1 fully saturated rings. The number of anilines is 1. The first kappa shape index (κ1) is 18.0. The van der Waals surface area contributed by atoms with Crippen LogP contribution in [0.5, 0.6) is 0 Å². The lowest BCUT2D eigenvalue weighted by Crippen LogP contribution is -2.49. The van der Waals surface area contributed by atoms with Gasteiger partial charge in [0.15, 0.2) is 10.7 Å². The maximum atomic E-state index is 13.1. The molecule has 0 unspecified atom stereocenters. The van der Waals surface area contributed by atoms with Crippen molar-refractivity contribution in [3.8, 4) is 6.07 Å². The maximum Gasteiger partial charge on any atom is 0.417 e. The number of carbonyl (C=O) groups excluding carboxylic acids is 1. The van der Waals surface area contributed by atoms with E-state index in [1.54, 1.807) is 14.0 Å². The molecule has 0 N–H and O–H groups in total. The van der Waals surface area contributed by atoms with Crippen LogP contribution in [0.3, 0.4) is 0 Å². The molecule has 2 rings (SSSR count). The van der Waals surface area contributed by atoms with E-state index in [9.17, 15) is 18.0 Å². The van der Waals surface area contributed by atoms with Crippen LogP contribution in [0.4, 0.5) is 18.9 Å². The Balaban J connectivity index is 2.49. The van der Waals surface area contributed by atoms with Gasteiger partial charge < -0.3 is 14.5 Å². The Labute approximate surface area is 142 Å². The summed E-state index contributed by atoms with van der Waals surface area (Å²) < 4.78 is 44.1. The van der Waals surface area contributed by atoms with Crippen LogP contribution < -0.4 is 4.90 Å². The minimum absolute atomic E-state index is 0.0399. The number of likely N-dealkylation sites (N-methyl/N-ethyl adjacent to an activating group) is 1. The first-order valence-corrected chi connectivity index (χ1v) is 7.22. The summed E-state index contributed by atoms with van der Waals surface area (Å²) in [6, 6.07) is 4.85. The molecule has 0 radical (unpaired) electrons. The highest BCUT2D eigenvalue weighted by Crippen LogP contribution is 2.37. The number of hydrogen-bond acceptors (Lipinski definition) is 4. The van der Waals surface area contributed by atoms with E-state index in [1.807, 2.05) is 0 Å². The van der Waals surface area contributed by atoms with Crippen molar-refractivity contribution in [3.05, 3.63) is 29.3 Å². The van der Waals surface area contributed by atoms with E-state index < -0.39 is 28.8 Å². The number of hydrogen-bond donors (Lipinski definition) is 0. The van der Waals surface area contributed by atoms with Crippen molar-refractivity contribution in [3.63, 3.8) is 0 Å². The molecular formula is C15H14F3N3O2S. The predicted octanol–water partition coefficient (Wildman–Crippen LogP) is 2.55. The van der Waals surface area contributed by atoms with Crippen molar-refractivity contribution in [2.24, 2.45) is 0 Å². The Hall–Kier alpha value is -2.34. The number of benzene rings is 1. The van der Waals surface area contributed by atoms with Gasteiger partial charge >= 0.3 is 12.1 Å². The highest BCUT2D eigenvalue weighted by Gasteiger charge is 2.49. The van der Waals surface area contributed by atoms with Gasteiger partial charge in [0.2, 0.25) is 0 Å². The van der Waals surface area contributed by atoms with Crippen molar-refractivity contribution in [2.45, 2.75) is 18.6 Å². The third-order valence-corrected chi connectivity index (χ3v) is 4.58. The topological polar surface area (TPSA) is 56.6 Å². The number of nitrogens with zero attached hydrogens (tertiary/aromatic N) is 3. The summed E-state index contributed by atoms with van der Waals surface area (Å²) in [4.78, 5) is 14.9. The molecule has 1 aromatic rings. The molecule has 9 heteroatoms. The van der Waals surface area contributed by atoms with Crippen molar-refractivity contribution in [1.82, 2.24) is 4.90 Å². The summed E-state index contributed by atoms with van der Waals surface area (Å²) in [5.74, 6) is -0.542. The van der Waals surface area contributed by atoms with Crippen LogP contribution in [0.1, 0.15) is 18.1 Å². The third kappa shape index (κ3) is 2.78. The Morgan fingerprint density at radius 3 is 2.58 bits per heavy atom. The molecule has 0 bridgehead atoms. The smallest absolute Gasteiger partial charge is 0.417 e. The predicted molar refractivity (Wildman–Crippen MR) is 84.3 cm³/mol. The zero-order valence-electron chi connectivity index (χ0n) is 13.1. The molecule has 1 aromatic carbocycles. The monoisotopic (exact) mass is 357 g/mol. The van der Waals surface area contributed by atoms with Crippen molar-refractivity contribution < 1.29 is 22.7 Å². The highest BCUT2D eigenvalue weighted by molar-refractivity contribution is 7.80. The van der Waals surface area contributed by atoms with Gasteiger partial charge in [0.25, 0.3) is 0 Å². The fourth-order valence-corrected chi connectivity index (χ4v) is 2.90. The number of alkyl halides is 3. The van der Waals surface area contributed by atoms with Crippen LogP contribution in [0.2, 0.25) is 0 Å². The van der Waals surface area contributed by atoms with Gasteiger partial charge in [0.05, 0.1) is 30.9 Å². The number of methoxy groups -OCH3 is 1. The van der Waals surface area contributed by atoms with Crippen LogP contribution >= 0.6 is 12.2 Å². The highest BCUT2D eigenvalue weighted by atomic mass is 32.1. The largest absolute Gasteiger partial charge is 0.467 e. The molecular weight excluding hydrogens is 343 g/mol. The van der Waals surface area contributed by atoms with E-state index >= 15 is 0 Å². The Kier molecular flexibility index (Phi) is 4.46. The number of carbonyl (C=O) groups is 1. The van der Waals surface area contributed by atoms with Gasteiger partial charge in [-0.15, -0.1) is 0 Å². The van der Waals surface area contributed by atoms with E-state index in [1.165, 1.54) is 29.0 Å². The van der Waals surface area contributed by atoms with Crippen LogP contribution in [-0.4, -0.2) is 42.2 Å². The van der Waals surface area contributed by atoms with Crippen molar-refractivity contribution >= 4 is 29.0 Å². The SMILES string of the molecule is COC(=O)[C@@]1(C)CN(c2ccc(C#N)c(C(F)(F)F)c2)C(=S)N1C. The van der Waals surface area contributed by atoms with Crippen molar-refractivity contribution in [2.75, 3.05) is 25.6 Å². The molecule has 0 spiro atoms. The van der Waals surface area contributed by atoms with Crippen LogP contribution in [0.25, 0.3) is 0 Å². The molecule has 0 aliphatic carbocycles. The zero-order chi connectivity index (χ0) is 18.3. The molecule has 0 amide bonds. The second-order valence-corrected chi connectivity index (χ2v) is 5.90. The zero-order valence-corrected chi connectivity index (χ0v) is 14.0. The number of nitriles is 1. The second kappa shape index (κ2) is 5.94. The molecule has 24 heavy (non-hydrogen) atoms.